The highest BCUT2D eigenvalue weighted by Crippen LogP contribution is 2.27. The van der Waals surface area contributed by atoms with Gasteiger partial charge in [0.05, 0.1) is 4.92 Å². The lowest BCUT2D eigenvalue weighted by atomic mass is 10.1. The number of rotatable bonds is 2. The summed E-state index contributed by atoms with van der Waals surface area (Å²) in [5.41, 5.74) is 0.173. The van der Waals surface area contributed by atoms with Crippen LogP contribution in [0.5, 0.6) is 0 Å². The summed E-state index contributed by atoms with van der Waals surface area (Å²) in [6.07, 6.45) is 3.01. The van der Waals surface area contributed by atoms with E-state index in [4.69, 9.17) is 0 Å². The van der Waals surface area contributed by atoms with E-state index in [-0.39, 0.29) is 5.56 Å². The lowest BCUT2D eigenvalue weighted by Gasteiger charge is -2.02. The normalized spacial score (nSPS) is 10.1. The van der Waals surface area contributed by atoms with Crippen molar-refractivity contribution < 1.29 is 9.31 Å². The highest BCUT2D eigenvalue weighted by Gasteiger charge is 2.17. The van der Waals surface area contributed by atoms with E-state index in [0.717, 1.165) is 6.07 Å². The summed E-state index contributed by atoms with van der Waals surface area (Å²) in [5, 5.41) is 10.6. The zero-order chi connectivity index (χ0) is 11.5. The van der Waals surface area contributed by atoms with Gasteiger partial charge in [-0.3, -0.25) is 15.1 Å². The van der Waals surface area contributed by atoms with Crippen LogP contribution in [0.1, 0.15) is 0 Å². The topological polar surface area (TPSA) is 56.0 Å². The Balaban J connectivity index is 2.59. The van der Waals surface area contributed by atoms with Crippen LogP contribution in [-0.2, 0) is 0 Å². The quantitative estimate of drug-likeness (QED) is 0.575. The van der Waals surface area contributed by atoms with Crippen molar-refractivity contribution in [3.05, 3.63) is 58.7 Å². The molecule has 80 valence electrons. The third-order valence-electron chi connectivity index (χ3n) is 2.15. The van der Waals surface area contributed by atoms with Crippen LogP contribution in [-0.4, -0.2) is 9.91 Å². The van der Waals surface area contributed by atoms with E-state index >= 15 is 0 Å². The lowest BCUT2D eigenvalue weighted by Crippen LogP contribution is -1.94. The maximum atomic E-state index is 13.7. The molecule has 0 aliphatic heterocycles. The first kappa shape index (κ1) is 10.2. The average molecular weight is 218 g/mol. The maximum absolute atomic E-state index is 13.7. The molecule has 1 heterocycles. The fourth-order valence-electron chi connectivity index (χ4n) is 1.41. The predicted octanol–water partition coefficient (Wildman–Crippen LogP) is 2.80. The number of hydrogen-bond acceptors (Lipinski definition) is 3. The molecule has 5 heteroatoms. The zero-order valence-corrected chi connectivity index (χ0v) is 8.13. The van der Waals surface area contributed by atoms with E-state index in [2.05, 4.69) is 4.98 Å². The summed E-state index contributed by atoms with van der Waals surface area (Å²) in [4.78, 5) is 13.7. The fraction of sp³-hybridized carbons (Fsp3) is 0. The minimum absolute atomic E-state index is 0.183. The van der Waals surface area contributed by atoms with Crippen LogP contribution in [0.15, 0.2) is 42.7 Å². The van der Waals surface area contributed by atoms with Gasteiger partial charge in [0.25, 0.3) is 0 Å². The van der Waals surface area contributed by atoms with Crippen LogP contribution in [0.3, 0.4) is 0 Å². The third kappa shape index (κ3) is 1.75. The molecule has 0 amide bonds. The molecule has 0 fully saturated rings. The predicted molar refractivity (Wildman–Crippen MR) is 56.3 cm³/mol. The SMILES string of the molecule is O=[N+]([O-])c1cccc(-c2cccnc2)c1F. The summed E-state index contributed by atoms with van der Waals surface area (Å²) in [6.45, 7) is 0. The molecule has 0 radical (unpaired) electrons. The van der Waals surface area contributed by atoms with Gasteiger partial charge < -0.3 is 0 Å². The van der Waals surface area contributed by atoms with Crippen LogP contribution in [0.2, 0.25) is 0 Å². The summed E-state index contributed by atoms with van der Waals surface area (Å²) in [6, 6.07) is 7.36. The van der Waals surface area contributed by atoms with Gasteiger partial charge in [0.2, 0.25) is 5.82 Å². The Bertz CT molecular complexity index is 529. The van der Waals surface area contributed by atoms with Crippen LogP contribution in [0, 0.1) is 15.9 Å². The first-order valence-corrected chi connectivity index (χ1v) is 4.53. The fourth-order valence-corrected chi connectivity index (χ4v) is 1.41. The van der Waals surface area contributed by atoms with Crippen LogP contribution < -0.4 is 0 Å². The molecule has 4 nitrogen and oxygen atoms in total. The molecule has 1 aromatic carbocycles. The number of nitro benzene ring substituents is 1. The van der Waals surface area contributed by atoms with Crippen LogP contribution in [0.25, 0.3) is 11.1 Å². The second-order valence-electron chi connectivity index (χ2n) is 3.14. The number of nitro groups is 1. The van der Waals surface area contributed by atoms with E-state index in [9.17, 15) is 14.5 Å². The van der Waals surface area contributed by atoms with E-state index in [0.29, 0.717) is 5.56 Å². The number of aromatic nitrogens is 1. The van der Waals surface area contributed by atoms with Crippen molar-refractivity contribution in [1.82, 2.24) is 4.98 Å². The molecule has 2 aromatic rings. The van der Waals surface area contributed by atoms with Gasteiger partial charge >= 0.3 is 5.69 Å². The Morgan fingerprint density at radius 3 is 2.69 bits per heavy atom. The second-order valence-corrected chi connectivity index (χ2v) is 3.14. The molecule has 2 rings (SSSR count). The van der Waals surface area contributed by atoms with Gasteiger partial charge in [0.1, 0.15) is 0 Å². The van der Waals surface area contributed by atoms with E-state index in [1.807, 2.05) is 0 Å². The van der Waals surface area contributed by atoms with Gasteiger partial charge in [-0.2, -0.15) is 4.39 Å². The molecular weight excluding hydrogens is 211 g/mol. The number of nitrogens with zero attached hydrogens (tertiary/aromatic N) is 2. The van der Waals surface area contributed by atoms with Crippen molar-refractivity contribution >= 4 is 5.69 Å². The summed E-state index contributed by atoms with van der Waals surface area (Å²) in [7, 11) is 0. The molecule has 16 heavy (non-hydrogen) atoms. The van der Waals surface area contributed by atoms with Crippen molar-refractivity contribution in [2.75, 3.05) is 0 Å². The highest BCUT2D eigenvalue weighted by atomic mass is 19.1. The Kier molecular flexibility index (Phi) is 2.59. The maximum Gasteiger partial charge on any atom is 0.305 e. The smallest absolute Gasteiger partial charge is 0.264 e. The minimum Gasteiger partial charge on any atom is -0.264 e. The molecule has 0 unspecified atom stereocenters. The van der Waals surface area contributed by atoms with Gasteiger partial charge in [-0.05, 0) is 6.07 Å². The van der Waals surface area contributed by atoms with Crippen molar-refractivity contribution in [2.24, 2.45) is 0 Å². The molecule has 0 spiro atoms. The number of hydrogen-bond donors (Lipinski definition) is 0. The molecule has 0 bridgehead atoms. The molecule has 0 saturated heterocycles. The lowest BCUT2D eigenvalue weighted by molar-refractivity contribution is -0.387. The average Bonchev–Trinajstić information content (AvgIpc) is 2.30. The first-order chi connectivity index (χ1) is 7.70. The van der Waals surface area contributed by atoms with Crippen molar-refractivity contribution in [3.63, 3.8) is 0 Å². The highest BCUT2D eigenvalue weighted by molar-refractivity contribution is 5.66. The molecule has 1 aromatic heterocycles. The summed E-state index contributed by atoms with van der Waals surface area (Å²) < 4.78 is 13.7. The van der Waals surface area contributed by atoms with Gasteiger partial charge in [0, 0.05) is 29.6 Å². The molecule has 0 saturated carbocycles. The van der Waals surface area contributed by atoms with Gasteiger partial charge in [-0.25, -0.2) is 0 Å². The third-order valence-corrected chi connectivity index (χ3v) is 2.15. The molecular formula is C11H7FN2O2. The van der Waals surface area contributed by atoms with E-state index in [1.54, 1.807) is 18.3 Å². The van der Waals surface area contributed by atoms with Gasteiger partial charge in [0.15, 0.2) is 0 Å². The first-order valence-electron chi connectivity index (χ1n) is 4.53. The Hall–Kier alpha value is -2.30. The minimum atomic E-state index is -0.833. The Labute approximate surface area is 90.5 Å². The van der Waals surface area contributed by atoms with E-state index < -0.39 is 16.4 Å². The van der Waals surface area contributed by atoms with Crippen molar-refractivity contribution in [3.8, 4) is 11.1 Å². The van der Waals surface area contributed by atoms with Gasteiger partial charge in [-0.15, -0.1) is 0 Å². The number of pyridine rings is 1. The molecule has 0 aliphatic carbocycles. The molecule has 0 N–H and O–H groups in total. The largest absolute Gasteiger partial charge is 0.305 e. The van der Waals surface area contributed by atoms with Gasteiger partial charge in [-0.1, -0.05) is 18.2 Å². The monoisotopic (exact) mass is 218 g/mol. The Morgan fingerprint density at radius 1 is 1.25 bits per heavy atom. The van der Waals surface area contributed by atoms with Crippen LogP contribution >= 0.6 is 0 Å². The van der Waals surface area contributed by atoms with Crippen molar-refractivity contribution in [1.29, 1.82) is 0 Å². The van der Waals surface area contributed by atoms with E-state index in [1.165, 1.54) is 18.3 Å². The zero-order valence-electron chi connectivity index (χ0n) is 8.13. The number of halogens is 1. The molecule has 0 aliphatic rings. The standard InChI is InChI=1S/C11H7FN2O2/c12-11-9(8-3-2-6-13-7-8)4-1-5-10(11)14(15)16/h1-7H. The van der Waals surface area contributed by atoms with Crippen molar-refractivity contribution in [2.45, 2.75) is 0 Å². The van der Waals surface area contributed by atoms with Crippen LogP contribution in [0.4, 0.5) is 10.1 Å². The Morgan fingerprint density at radius 2 is 2.06 bits per heavy atom. The molecule has 0 atom stereocenters. The summed E-state index contributed by atoms with van der Waals surface area (Å²) in [5.74, 6) is -0.833. The summed E-state index contributed by atoms with van der Waals surface area (Å²) >= 11 is 0. The second kappa shape index (κ2) is 4.06. The number of benzene rings is 1.